The summed E-state index contributed by atoms with van der Waals surface area (Å²) in [4.78, 5) is 32.2. The van der Waals surface area contributed by atoms with Crippen LogP contribution in [0.5, 0.6) is 0 Å². The summed E-state index contributed by atoms with van der Waals surface area (Å²) in [6.45, 7) is 7.94. The average molecular weight is 360 g/mol. The topological polar surface area (TPSA) is 50.3 Å². The van der Waals surface area contributed by atoms with Gasteiger partial charge in [-0.2, -0.15) is 0 Å². The van der Waals surface area contributed by atoms with Gasteiger partial charge in [-0.15, -0.1) is 0 Å². The lowest BCUT2D eigenvalue weighted by Crippen LogP contribution is -2.42. The van der Waals surface area contributed by atoms with E-state index in [0.717, 1.165) is 11.8 Å². The van der Waals surface area contributed by atoms with Crippen LogP contribution in [0.2, 0.25) is 0 Å². The fourth-order valence-corrected chi connectivity index (χ4v) is 3.58. The van der Waals surface area contributed by atoms with Crippen LogP contribution in [-0.4, -0.2) is 34.2 Å². The number of para-hydroxylation sites is 1. The first-order valence-electron chi connectivity index (χ1n) is 9.21. The molecule has 4 nitrogen and oxygen atoms in total. The molecular weight excluding hydrogens is 336 g/mol. The van der Waals surface area contributed by atoms with Gasteiger partial charge in [0.05, 0.1) is 22.3 Å². The molecule has 2 aromatic carbocycles. The number of nitrogens with zero attached hydrogens (tertiary/aromatic N) is 2. The number of aromatic nitrogens is 1. The zero-order valence-corrected chi connectivity index (χ0v) is 16.1. The molecule has 0 radical (unpaired) electrons. The molecule has 3 rings (SSSR count). The number of carbonyl (C=O) groups excluding carboxylic acids is 2. The van der Waals surface area contributed by atoms with Gasteiger partial charge in [0.2, 0.25) is 0 Å². The van der Waals surface area contributed by atoms with E-state index in [-0.39, 0.29) is 18.0 Å². The van der Waals surface area contributed by atoms with Gasteiger partial charge in [0.25, 0.3) is 5.91 Å². The van der Waals surface area contributed by atoms with Crippen LogP contribution in [0.3, 0.4) is 0 Å². The van der Waals surface area contributed by atoms with E-state index in [1.54, 1.807) is 0 Å². The SMILES string of the molecule is CC(C)N(C(=O)c1c(C=O)c(-c2ccccc2)nc2ccccc12)C(C)C. The maximum absolute atomic E-state index is 13.5. The third-order valence-electron chi connectivity index (χ3n) is 4.66. The van der Waals surface area contributed by atoms with Crippen molar-refractivity contribution in [2.45, 2.75) is 39.8 Å². The Kier molecular flexibility index (Phi) is 5.36. The smallest absolute Gasteiger partial charge is 0.255 e. The number of hydrogen-bond donors (Lipinski definition) is 0. The Balaban J connectivity index is 2.36. The molecule has 1 aromatic heterocycles. The van der Waals surface area contributed by atoms with Crippen molar-refractivity contribution < 1.29 is 9.59 Å². The fraction of sp³-hybridized carbons (Fsp3) is 0.261. The molecule has 0 unspecified atom stereocenters. The molecule has 1 heterocycles. The number of rotatable bonds is 5. The standard InChI is InChI=1S/C23H24N2O2/c1-15(2)25(16(3)4)23(27)21-18-12-8-9-13-20(18)24-22(19(21)14-26)17-10-6-5-7-11-17/h5-16H,1-4H3. The quantitative estimate of drug-likeness (QED) is 0.603. The van der Waals surface area contributed by atoms with Crippen LogP contribution in [0.15, 0.2) is 54.6 Å². The molecule has 4 heteroatoms. The molecule has 0 saturated carbocycles. The number of carbonyl (C=O) groups is 2. The molecule has 0 spiro atoms. The van der Waals surface area contributed by atoms with E-state index in [1.807, 2.05) is 87.2 Å². The lowest BCUT2D eigenvalue weighted by atomic mass is 9.96. The van der Waals surface area contributed by atoms with Gasteiger partial charge in [-0.3, -0.25) is 9.59 Å². The molecule has 0 aliphatic heterocycles. The lowest BCUT2D eigenvalue weighted by molar-refractivity contribution is 0.0643. The summed E-state index contributed by atoms with van der Waals surface area (Å²) in [7, 11) is 0. The molecule has 0 bridgehead atoms. The van der Waals surface area contributed by atoms with Gasteiger partial charge in [0.1, 0.15) is 0 Å². The second kappa shape index (κ2) is 7.70. The maximum Gasteiger partial charge on any atom is 0.255 e. The zero-order valence-electron chi connectivity index (χ0n) is 16.1. The highest BCUT2D eigenvalue weighted by Crippen LogP contribution is 2.30. The summed E-state index contributed by atoms with van der Waals surface area (Å²) < 4.78 is 0. The number of fused-ring (bicyclic) bond motifs is 1. The second-order valence-corrected chi connectivity index (χ2v) is 7.15. The Morgan fingerprint density at radius 2 is 1.52 bits per heavy atom. The van der Waals surface area contributed by atoms with E-state index in [2.05, 4.69) is 0 Å². The van der Waals surface area contributed by atoms with Gasteiger partial charge in [-0.25, -0.2) is 4.98 Å². The summed E-state index contributed by atoms with van der Waals surface area (Å²) in [5.74, 6) is -0.141. The maximum atomic E-state index is 13.5. The van der Waals surface area contributed by atoms with Gasteiger partial charge < -0.3 is 4.90 Å². The number of amides is 1. The zero-order chi connectivity index (χ0) is 19.6. The Hall–Kier alpha value is -3.01. The first kappa shape index (κ1) is 18.8. The molecule has 138 valence electrons. The molecule has 0 aliphatic carbocycles. The highest BCUT2D eigenvalue weighted by Gasteiger charge is 2.28. The molecule has 27 heavy (non-hydrogen) atoms. The van der Waals surface area contributed by atoms with Gasteiger partial charge in [0, 0.05) is 23.0 Å². The molecule has 3 aromatic rings. The molecular formula is C23H24N2O2. The Labute approximate surface area is 159 Å². The van der Waals surface area contributed by atoms with E-state index in [0.29, 0.717) is 27.7 Å². The Bertz CT molecular complexity index is 970. The highest BCUT2D eigenvalue weighted by molar-refractivity contribution is 6.14. The number of aldehydes is 1. The van der Waals surface area contributed by atoms with E-state index >= 15 is 0 Å². The molecule has 0 N–H and O–H groups in total. The van der Waals surface area contributed by atoms with Crippen LogP contribution < -0.4 is 0 Å². The van der Waals surface area contributed by atoms with Gasteiger partial charge in [-0.1, -0.05) is 48.5 Å². The summed E-state index contributed by atoms with van der Waals surface area (Å²) in [5.41, 5.74) is 2.84. The summed E-state index contributed by atoms with van der Waals surface area (Å²) in [5, 5.41) is 0.704. The van der Waals surface area contributed by atoms with Gasteiger partial charge >= 0.3 is 0 Å². The van der Waals surface area contributed by atoms with E-state index < -0.39 is 0 Å². The number of pyridine rings is 1. The normalized spacial score (nSPS) is 11.2. The summed E-state index contributed by atoms with van der Waals surface area (Å²) >= 11 is 0. The summed E-state index contributed by atoms with van der Waals surface area (Å²) in [6.07, 6.45) is 0.758. The first-order chi connectivity index (χ1) is 13.0. The lowest BCUT2D eigenvalue weighted by Gasteiger charge is -2.31. The monoisotopic (exact) mass is 360 g/mol. The third kappa shape index (κ3) is 3.47. The first-order valence-corrected chi connectivity index (χ1v) is 9.21. The van der Waals surface area contributed by atoms with E-state index in [1.165, 1.54) is 0 Å². The molecule has 0 atom stereocenters. The number of benzene rings is 2. The van der Waals surface area contributed by atoms with Crippen molar-refractivity contribution in [1.82, 2.24) is 9.88 Å². The van der Waals surface area contributed by atoms with Crippen molar-refractivity contribution in [1.29, 1.82) is 0 Å². The largest absolute Gasteiger partial charge is 0.334 e. The van der Waals surface area contributed by atoms with Crippen LogP contribution in [-0.2, 0) is 0 Å². The summed E-state index contributed by atoms with van der Waals surface area (Å²) in [6, 6.07) is 17.0. The van der Waals surface area contributed by atoms with Crippen LogP contribution >= 0.6 is 0 Å². The van der Waals surface area contributed by atoms with E-state index in [4.69, 9.17) is 4.98 Å². The molecule has 0 aliphatic rings. The molecule has 0 fully saturated rings. The minimum Gasteiger partial charge on any atom is -0.334 e. The van der Waals surface area contributed by atoms with Crippen LogP contribution in [0, 0.1) is 0 Å². The van der Waals surface area contributed by atoms with Gasteiger partial charge in [0.15, 0.2) is 6.29 Å². The Morgan fingerprint density at radius 1 is 0.926 bits per heavy atom. The van der Waals surface area contributed by atoms with Gasteiger partial charge in [-0.05, 0) is 33.8 Å². The van der Waals surface area contributed by atoms with E-state index in [9.17, 15) is 9.59 Å². The van der Waals surface area contributed by atoms with Crippen molar-refractivity contribution in [3.8, 4) is 11.3 Å². The highest BCUT2D eigenvalue weighted by atomic mass is 16.2. The minimum absolute atomic E-state index is 0.0177. The van der Waals surface area contributed by atoms with Crippen molar-refractivity contribution in [2.24, 2.45) is 0 Å². The fourth-order valence-electron chi connectivity index (χ4n) is 3.58. The van der Waals surface area contributed by atoms with Crippen molar-refractivity contribution in [2.75, 3.05) is 0 Å². The predicted octanol–water partition coefficient (Wildman–Crippen LogP) is 4.97. The molecule has 1 amide bonds. The van der Waals surface area contributed by atoms with Crippen LogP contribution in [0.1, 0.15) is 48.4 Å². The average Bonchev–Trinajstić information content (AvgIpc) is 2.66. The van der Waals surface area contributed by atoms with Crippen molar-refractivity contribution >= 4 is 23.1 Å². The van der Waals surface area contributed by atoms with Crippen molar-refractivity contribution in [3.63, 3.8) is 0 Å². The predicted molar refractivity (Wildman–Crippen MR) is 109 cm³/mol. The number of hydrogen-bond acceptors (Lipinski definition) is 3. The van der Waals surface area contributed by atoms with Crippen molar-refractivity contribution in [3.05, 3.63) is 65.7 Å². The second-order valence-electron chi connectivity index (χ2n) is 7.15. The Morgan fingerprint density at radius 3 is 2.11 bits per heavy atom. The molecule has 0 saturated heterocycles. The third-order valence-corrected chi connectivity index (χ3v) is 4.66. The van der Waals surface area contributed by atoms with Crippen LogP contribution in [0.4, 0.5) is 0 Å². The van der Waals surface area contributed by atoms with Crippen LogP contribution in [0.25, 0.3) is 22.2 Å². The minimum atomic E-state index is -0.141.